The maximum atomic E-state index is 5.90. The molecule has 0 radical (unpaired) electrons. The van der Waals surface area contributed by atoms with Crippen molar-refractivity contribution in [3.63, 3.8) is 0 Å². The van der Waals surface area contributed by atoms with E-state index in [1.807, 2.05) is 39.0 Å². The second-order valence-electron chi connectivity index (χ2n) is 4.68. The Morgan fingerprint density at radius 2 is 2.00 bits per heavy atom. The molecular weight excluding hydrogens is 226 g/mol. The summed E-state index contributed by atoms with van der Waals surface area (Å²) in [5.74, 6) is 0.854. The summed E-state index contributed by atoms with van der Waals surface area (Å²) in [7, 11) is 0. The zero-order chi connectivity index (χ0) is 13.3. The van der Waals surface area contributed by atoms with Gasteiger partial charge in [0, 0.05) is 16.9 Å². The molecule has 1 heterocycles. The zero-order valence-electron chi connectivity index (χ0n) is 11.2. The molecule has 1 atom stereocenters. The van der Waals surface area contributed by atoms with E-state index in [4.69, 9.17) is 10.3 Å². The minimum Gasteiger partial charge on any atom is -0.398 e. The van der Waals surface area contributed by atoms with E-state index < -0.39 is 0 Å². The number of hydrogen-bond donors (Lipinski definition) is 2. The highest BCUT2D eigenvalue weighted by Gasteiger charge is 2.16. The average molecular weight is 245 g/mol. The molecular formula is C14H19N3O. The Hall–Kier alpha value is -1.97. The summed E-state index contributed by atoms with van der Waals surface area (Å²) in [5, 5.41) is 7.38. The number of nitrogens with one attached hydrogen (secondary N) is 1. The molecule has 0 saturated carbocycles. The highest BCUT2D eigenvalue weighted by Crippen LogP contribution is 2.26. The molecule has 0 aliphatic heterocycles. The third-order valence-corrected chi connectivity index (χ3v) is 3.18. The van der Waals surface area contributed by atoms with Crippen molar-refractivity contribution in [1.29, 1.82) is 0 Å². The fourth-order valence-electron chi connectivity index (χ4n) is 2.16. The fraction of sp³-hybridized carbons (Fsp3) is 0.357. The molecule has 0 aliphatic rings. The van der Waals surface area contributed by atoms with Crippen molar-refractivity contribution in [2.45, 2.75) is 33.7 Å². The number of aromatic nitrogens is 1. The lowest BCUT2D eigenvalue weighted by Crippen LogP contribution is -2.08. The van der Waals surface area contributed by atoms with Crippen LogP contribution in [0.1, 0.15) is 35.5 Å². The second kappa shape index (κ2) is 4.72. The monoisotopic (exact) mass is 245 g/mol. The van der Waals surface area contributed by atoms with Gasteiger partial charge in [0.05, 0.1) is 11.7 Å². The topological polar surface area (TPSA) is 64.1 Å². The van der Waals surface area contributed by atoms with E-state index in [9.17, 15) is 0 Å². The van der Waals surface area contributed by atoms with Crippen LogP contribution < -0.4 is 11.1 Å². The summed E-state index contributed by atoms with van der Waals surface area (Å²) in [6.45, 7) is 7.96. The van der Waals surface area contributed by atoms with E-state index in [1.165, 1.54) is 0 Å². The van der Waals surface area contributed by atoms with E-state index in [2.05, 4.69) is 17.4 Å². The predicted molar refractivity (Wildman–Crippen MR) is 73.6 cm³/mol. The Morgan fingerprint density at radius 3 is 2.56 bits per heavy atom. The van der Waals surface area contributed by atoms with Gasteiger partial charge in [0.15, 0.2) is 0 Å². The molecule has 0 amide bonds. The molecule has 0 bridgehead atoms. The third-order valence-electron chi connectivity index (χ3n) is 3.18. The van der Waals surface area contributed by atoms with Crippen molar-refractivity contribution in [2.75, 3.05) is 11.1 Å². The van der Waals surface area contributed by atoms with Crippen LogP contribution >= 0.6 is 0 Å². The molecule has 1 aromatic heterocycles. The summed E-state index contributed by atoms with van der Waals surface area (Å²) in [5.41, 5.74) is 10.8. The van der Waals surface area contributed by atoms with E-state index in [-0.39, 0.29) is 6.04 Å². The molecule has 0 fully saturated rings. The predicted octanol–water partition coefficient (Wildman–Crippen LogP) is 3.36. The summed E-state index contributed by atoms with van der Waals surface area (Å²) >= 11 is 0. The zero-order valence-corrected chi connectivity index (χ0v) is 11.2. The van der Waals surface area contributed by atoms with Crippen LogP contribution in [0.2, 0.25) is 0 Å². The SMILES string of the molecule is Cc1ccc(NC(C)c2c(C)noc2C)cc1N. The Bertz CT molecular complexity index is 541. The molecule has 2 aromatic rings. The molecule has 1 aromatic carbocycles. The molecule has 96 valence electrons. The van der Waals surface area contributed by atoms with Gasteiger partial charge >= 0.3 is 0 Å². The van der Waals surface area contributed by atoms with Crippen molar-refractivity contribution in [1.82, 2.24) is 5.16 Å². The van der Waals surface area contributed by atoms with Gasteiger partial charge in [-0.3, -0.25) is 0 Å². The van der Waals surface area contributed by atoms with Crippen LogP contribution in [0.25, 0.3) is 0 Å². The van der Waals surface area contributed by atoms with Gasteiger partial charge in [-0.2, -0.15) is 0 Å². The van der Waals surface area contributed by atoms with Gasteiger partial charge in [-0.15, -0.1) is 0 Å². The normalized spacial score (nSPS) is 12.4. The lowest BCUT2D eigenvalue weighted by atomic mass is 10.1. The Balaban J connectivity index is 2.21. The Kier molecular flexibility index (Phi) is 3.28. The van der Waals surface area contributed by atoms with Crippen LogP contribution in [0.15, 0.2) is 22.7 Å². The summed E-state index contributed by atoms with van der Waals surface area (Å²) < 4.78 is 5.18. The van der Waals surface area contributed by atoms with Crippen molar-refractivity contribution < 1.29 is 4.52 Å². The third kappa shape index (κ3) is 2.32. The van der Waals surface area contributed by atoms with Crippen molar-refractivity contribution in [3.8, 4) is 0 Å². The number of nitrogens with zero attached hydrogens (tertiary/aromatic N) is 1. The van der Waals surface area contributed by atoms with Crippen molar-refractivity contribution in [3.05, 3.63) is 40.8 Å². The van der Waals surface area contributed by atoms with Gasteiger partial charge in [-0.1, -0.05) is 11.2 Å². The largest absolute Gasteiger partial charge is 0.398 e. The first kappa shape index (κ1) is 12.5. The molecule has 3 N–H and O–H groups in total. The van der Waals surface area contributed by atoms with Crippen LogP contribution in [-0.2, 0) is 0 Å². The highest BCUT2D eigenvalue weighted by atomic mass is 16.5. The van der Waals surface area contributed by atoms with E-state index in [0.717, 1.165) is 34.0 Å². The fourth-order valence-corrected chi connectivity index (χ4v) is 2.16. The quantitative estimate of drug-likeness (QED) is 0.814. The standard InChI is InChI=1S/C14H19N3O/c1-8-5-6-12(7-13(8)15)16-9(2)14-10(3)17-18-11(14)4/h5-7,9,16H,15H2,1-4H3. The number of aryl methyl sites for hydroxylation is 3. The molecule has 0 spiro atoms. The number of hydrogen-bond acceptors (Lipinski definition) is 4. The Morgan fingerprint density at radius 1 is 1.28 bits per heavy atom. The van der Waals surface area contributed by atoms with Gasteiger partial charge < -0.3 is 15.6 Å². The minimum absolute atomic E-state index is 0.137. The summed E-state index contributed by atoms with van der Waals surface area (Å²) in [6, 6.07) is 6.13. The van der Waals surface area contributed by atoms with Gasteiger partial charge in [-0.25, -0.2) is 0 Å². The van der Waals surface area contributed by atoms with E-state index in [1.54, 1.807) is 0 Å². The highest BCUT2D eigenvalue weighted by molar-refractivity contribution is 5.59. The molecule has 18 heavy (non-hydrogen) atoms. The molecule has 0 saturated heterocycles. The smallest absolute Gasteiger partial charge is 0.139 e. The van der Waals surface area contributed by atoms with Crippen LogP contribution in [-0.4, -0.2) is 5.16 Å². The van der Waals surface area contributed by atoms with Gasteiger partial charge in [-0.05, 0) is 45.4 Å². The van der Waals surface area contributed by atoms with Gasteiger partial charge in [0.1, 0.15) is 5.76 Å². The maximum absolute atomic E-state index is 5.90. The molecule has 4 heteroatoms. The van der Waals surface area contributed by atoms with Crippen molar-refractivity contribution in [2.24, 2.45) is 0 Å². The van der Waals surface area contributed by atoms with Crippen LogP contribution in [0.3, 0.4) is 0 Å². The first-order valence-corrected chi connectivity index (χ1v) is 6.04. The maximum Gasteiger partial charge on any atom is 0.139 e. The van der Waals surface area contributed by atoms with Crippen LogP contribution in [0.4, 0.5) is 11.4 Å². The number of nitrogens with two attached hydrogens (primary N) is 1. The number of benzene rings is 1. The first-order chi connectivity index (χ1) is 8.49. The Labute approximate surface area is 107 Å². The minimum atomic E-state index is 0.137. The lowest BCUT2D eigenvalue weighted by molar-refractivity contribution is 0.392. The van der Waals surface area contributed by atoms with Gasteiger partial charge in [0.2, 0.25) is 0 Å². The summed E-state index contributed by atoms with van der Waals surface area (Å²) in [6.07, 6.45) is 0. The van der Waals surface area contributed by atoms with E-state index in [0.29, 0.717) is 0 Å². The number of anilines is 2. The molecule has 0 aliphatic carbocycles. The first-order valence-electron chi connectivity index (χ1n) is 6.04. The molecule has 1 unspecified atom stereocenters. The average Bonchev–Trinajstić information content (AvgIpc) is 2.64. The van der Waals surface area contributed by atoms with Gasteiger partial charge in [0.25, 0.3) is 0 Å². The second-order valence-corrected chi connectivity index (χ2v) is 4.68. The van der Waals surface area contributed by atoms with Crippen LogP contribution in [0, 0.1) is 20.8 Å². The summed E-state index contributed by atoms with van der Waals surface area (Å²) in [4.78, 5) is 0. The number of nitrogen functional groups attached to an aromatic ring is 1. The van der Waals surface area contributed by atoms with Crippen LogP contribution in [0.5, 0.6) is 0 Å². The molecule has 2 rings (SSSR count). The molecule has 4 nitrogen and oxygen atoms in total. The lowest BCUT2D eigenvalue weighted by Gasteiger charge is -2.16. The van der Waals surface area contributed by atoms with E-state index >= 15 is 0 Å². The number of rotatable bonds is 3. The van der Waals surface area contributed by atoms with Crippen molar-refractivity contribution >= 4 is 11.4 Å².